The fourth-order valence-corrected chi connectivity index (χ4v) is 5.26. The third-order valence-corrected chi connectivity index (χ3v) is 7.12. The number of ketones is 1. The summed E-state index contributed by atoms with van der Waals surface area (Å²) < 4.78 is 41.1. The summed E-state index contributed by atoms with van der Waals surface area (Å²) in [4.78, 5) is 22.6. The lowest BCUT2D eigenvalue weighted by atomic mass is 9.62. The fraction of sp³-hybridized carbons (Fsp3) is 0.652. The van der Waals surface area contributed by atoms with Crippen LogP contribution in [0.1, 0.15) is 69.7 Å². The van der Waals surface area contributed by atoms with Gasteiger partial charge in [0.15, 0.2) is 5.69 Å². The fourth-order valence-electron chi connectivity index (χ4n) is 5.26. The molecule has 3 N–H and O–H groups in total. The molecular weight excluding hydrogens is 435 g/mol. The highest BCUT2D eigenvalue weighted by atomic mass is 19.4. The topological polar surface area (TPSA) is 102 Å². The molecule has 1 aromatic rings. The van der Waals surface area contributed by atoms with Gasteiger partial charge in [-0.2, -0.15) is 13.2 Å². The van der Waals surface area contributed by atoms with Crippen LogP contribution >= 0.6 is 0 Å². The predicted molar refractivity (Wildman–Crippen MR) is 118 cm³/mol. The molecule has 2 heterocycles. The number of hydrogen-bond donors (Lipinski definition) is 3. The van der Waals surface area contributed by atoms with Crippen LogP contribution in [-0.4, -0.2) is 52.2 Å². The summed E-state index contributed by atoms with van der Waals surface area (Å²) in [7, 11) is 0. The number of anilines is 1. The molecule has 7 nitrogen and oxygen atoms in total. The summed E-state index contributed by atoms with van der Waals surface area (Å²) in [6, 6.07) is 0.610. The Balaban J connectivity index is 1.79. The Labute approximate surface area is 191 Å². The number of aromatic nitrogens is 2. The number of allylic oxidation sites excluding steroid dienone is 1. The van der Waals surface area contributed by atoms with Crippen LogP contribution in [0.15, 0.2) is 11.6 Å². The van der Waals surface area contributed by atoms with Crippen molar-refractivity contribution in [1.82, 2.24) is 15.3 Å². The Morgan fingerprint density at radius 1 is 1.21 bits per heavy atom. The molecule has 4 rings (SSSR count). The molecule has 0 radical (unpaired) electrons. The maximum absolute atomic E-state index is 13.7. The molecule has 0 aromatic carbocycles. The van der Waals surface area contributed by atoms with E-state index in [0.29, 0.717) is 45.2 Å². The Hall–Kier alpha value is -2.49. The van der Waals surface area contributed by atoms with Crippen molar-refractivity contribution in [3.63, 3.8) is 0 Å². The Bertz CT molecular complexity index is 973. The first-order chi connectivity index (χ1) is 15.6. The Morgan fingerprint density at radius 3 is 2.70 bits per heavy atom. The van der Waals surface area contributed by atoms with E-state index in [0.717, 1.165) is 31.9 Å². The van der Waals surface area contributed by atoms with Crippen LogP contribution in [0.4, 0.5) is 19.1 Å². The third kappa shape index (κ3) is 4.49. The van der Waals surface area contributed by atoms with Crippen molar-refractivity contribution in [2.75, 3.05) is 24.5 Å². The molecule has 2 atom stereocenters. The van der Waals surface area contributed by atoms with Crippen molar-refractivity contribution >= 4 is 23.2 Å². The van der Waals surface area contributed by atoms with Crippen molar-refractivity contribution < 1.29 is 23.1 Å². The van der Waals surface area contributed by atoms with Crippen molar-refractivity contribution in [1.29, 1.82) is 5.41 Å². The molecule has 1 aromatic heterocycles. The third-order valence-electron chi connectivity index (χ3n) is 7.12. The number of aliphatic hydroxyl groups is 1. The zero-order valence-electron chi connectivity index (χ0n) is 18.8. The molecule has 2 saturated carbocycles. The van der Waals surface area contributed by atoms with Gasteiger partial charge in [0, 0.05) is 31.1 Å². The first-order valence-corrected chi connectivity index (χ1v) is 11.6. The van der Waals surface area contributed by atoms with Crippen molar-refractivity contribution in [3.05, 3.63) is 23.0 Å². The second-order valence-corrected chi connectivity index (χ2v) is 9.30. The predicted octanol–water partition coefficient (Wildman–Crippen LogP) is 4.29. The average molecular weight is 466 g/mol. The van der Waals surface area contributed by atoms with Gasteiger partial charge in [-0.1, -0.05) is 6.42 Å². The zero-order valence-corrected chi connectivity index (χ0v) is 18.8. The van der Waals surface area contributed by atoms with E-state index < -0.39 is 23.0 Å². The van der Waals surface area contributed by atoms with Gasteiger partial charge in [-0.25, -0.2) is 9.97 Å². The average Bonchev–Trinajstić information content (AvgIpc) is 3.00. The van der Waals surface area contributed by atoms with Crippen LogP contribution in [0.25, 0.3) is 5.76 Å². The molecule has 3 fully saturated rings. The maximum atomic E-state index is 13.7. The number of nitrogens with zero attached hydrogens (tertiary/aromatic N) is 3. The lowest BCUT2D eigenvalue weighted by molar-refractivity contribution is -0.141. The van der Waals surface area contributed by atoms with Crippen LogP contribution in [0.5, 0.6) is 0 Å². The standard InChI is InChI=1S/C23H30F3N5O2/c1-14-13-28-10-5-11-31(14)21-29-16(12-17(30-21)23(24,25)26)19(33)15-6-4-9-22(20(15)27)8-3-2-7-18(22)32/h12,14,27-28,33H,2-11,13H2,1H3/b19-15-,27-20?/t14-,22+/m0/s1. The molecule has 0 unspecified atom stereocenters. The summed E-state index contributed by atoms with van der Waals surface area (Å²) >= 11 is 0. The van der Waals surface area contributed by atoms with E-state index in [1.165, 1.54) is 0 Å². The molecule has 10 heteroatoms. The molecule has 2 aliphatic carbocycles. The minimum absolute atomic E-state index is 0.00556. The van der Waals surface area contributed by atoms with Gasteiger partial charge in [-0.15, -0.1) is 0 Å². The quantitative estimate of drug-likeness (QED) is 0.564. The highest BCUT2D eigenvalue weighted by molar-refractivity contribution is 6.18. The maximum Gasteiger partial charge on any atom is 0.433 e. The number of hydrogen-bond acceptors (Lipinski definition) is 7. The van der Waals surface area contributed by atoms with E-state index >= 15 is 0 Å². The SMILES string of the molecule is C[C@H]1CNCCCN1c1nc(/C(O)=C2\CCC[C@@]3(CCCCC3=O)C2=N)cc(C(F)(F)F)n1. The van der Waals surface area contributed by atoms with E-state index in [4.69, 9.17) is 5.41 Å². The minimum Gasteiger partial charge on any atom is -0.505 e. The van der Waals surface area contributed by atoms with Gasteiger partial charge < -0.3 is 20.7 Å². The summed E-state index contributed by atoms with van der Waals surface area (Å²) in [6.07, 6.45) is 0.00698. The normalized spacial score (nSPS) is 28.7. The lowest BCUT2D eigenvalue weighted by Gasteiger charge is -2.40. The summed E-state index contributed by atoms with van der Waals surface area (Å²) in [5, 5.41) is 23.1. The number of carbonyl (C=O) groups is 1. The summed E-state index contributed by atoms with van der Waals surface area (Å²) in [6.45, 7) is 3.70. The highest BCUT2D eigenvalue weighted by Gasteiger charge is 2.47. The summed E-state index contributed by atoms with van der Waals surface area (Å²) in [5.74, 6) is -0.546. The van der Waals surface area contributed by atoms with Crippen LogP contribution in [0, 0.1) is 10.8 Å². The van der Waals surface area contributed by atoms with E-state index in [1.54, 1.807) is 4.90 Å². The minimum atomic E-state index is -4.72. The van der Waals surface area contributed by atoms with Crippen LogP contribution in [-0.2, 0) is 11.0 Å². The van der Waals surface area contributed by atoms with Gasteiger partial charge >= 0.3 is 6.18 Å². The molecule has 0 bridgehead atoms. The van der Waals surface area contributed by atoms with Gasteiger partial charge in [0.2, 0.25) is 5.95 Å². The number of carbonyl (C=O) groups excluding carboxylic acids is 1. The summed E-state index contributed by atoms with van der Waals surface area (Å²) in [5.41, 5.74) is -2.06. The van der Waals surface area contributed by atoms with E-state index in [1.807, 2.05) is 6.92 Å². The highest BCUT2D eigenvalue weighted by Crippen LogP contribution is 2.46. The van der Waals surface area contributed by atoms with Gasteiger partial charge in [0.25, 0.3) is 0 Å². The molecule has 1 saturated heterocycles. The molecule has 3 aliphatic rings. The molecule has 33 heavy (non-hydrogen) atoms. The smallest absolute Gasteiger partial charge is 0.433 e. The molecular formula is C23H30F3N5O2. The number of alkyl halides is 3. The van der Waals surface area contributed by atoms with Crippen LogP contribution in [0.2, 0.25) is 0 Å². The first-order valence-electron chi connectivity index (χ1n) is 11.6. The van der Waals surface area contributed by atoms with E-state index in [9.17, 15) is 23.1 Å². The van der Waals surface area contributed by atoms with Gasteiger partial charge in [0.1, 0.15) is 17.2 Å². The van der Waals surface area contributed by atoms with E-state index in [2.05, 4.69) is 15.3 Å². The first kappa shape index (κ1) is 23.7. The molecule has 180 valence electrons. The Morgan fingerprint density at radius 2 is 1.97 bits per heavy atom. The van der Waals surface area contributed by atoms with Crippen LogP contribution < -0.4 is 10.2 Å². The molecule has 1 aliphatic heterocycles. The van der Waals surface area contributed by atoms with Crippen molar-refractivity contribution in [2.24, 2.45) is 5.41 Å². The zero-order chi connectivity index (χ0) is 23.8. The van der Waals surface area contributed by atoms with Crippen molar-refractivity contribution in [3.8, 4) is 0 Å². The van der Waals surface area contributed by atoms with Gasteiger partial charge in [0.05, 0.1) is 11.1 Å². The Kier molecular flexibility index (Phi) is 6.48. The number of rotatable bonds is 2. The number of halogens is 3. The second kappa shape index (κ2) is 9.04. The van der Waals surface area contributed by atoms with Crippen LogP contribution in [0.3, 0.4) is 0 Å². The number of aliphatic hydroxyl groups excluding tert-OH is 1. The molecule has 1 spiro atoms. The lowest BCUT2D eigenvalue weighted by Crippen LogP contribution is -2.44. The molecule has 0 amide bonds. The van der Waals surface area contributed by atoms with Crippen molar-refractivity contribution in [2.45, 2.75) is 70.5 Å². The van der Waals surface area contributed by atoms with Gasteiger partial charge in [-0.05, 0) is 58.1 Å². The monoisotopic (exact) mass is 465 g/mol. The number of Topliss-reactive ketones (excluding diaryl/α,β-unsaturated/α-hetero) is 1. The largest absolute Gasteiger partial charge is 0.505 e. The van der Waals surface area contributed by atoms with Gasteiger partial charge in [-0.3, -0.25) is 4.79 Å². The number of nitrogens with one attached hydrogen (secondary N) is 2. The van der Waals surface area contributed by atoms with E-state index in [-0.39, 0.29) is 34.8 Å². The second-order valence-electron chi connectivity index (χ2n) is 9.30.